The summed E-state index contributed by atoms with van der Waals surface area (Å²) in [6, 6.07) is 21.2. The summed E-state index contributed by atoms with van der Waals surface area (Å²) in [6.45, 7) is 0. The molecule has 0 unspecified atom stereocenters. The standard InChI is InChI=1S/C19H13NO2/c21-18(14-7-3-1-4-8-14)16-11-12-17(20-13-16)19(22)15-9-5-2-6-10-15/h1-13H. The summed E-state index contributed by atoms with van der Waals surface area (Å²) >= 11 is 0. The number of hydrogen-bond donors (Lipinski definition) is 0. The number of carbonyl (C=O) groups excluding carboxylic acids is 2. The van der Waals surface area contributed by atoms with E-state index in [2.05, 4.69) is 4.98 Å². The Balaban J connectivity index is 1.84. The number of hydrogen-bond acceptors (Lipinski definition) is 3. The number of rotatable bonds is 4. The van der Waals surface area contributed by atoms with Crippen molar-refractivity contribution in [3.8, 4) is 0 Å². The fourth-order valence-electron chi connectivity index (χ4n) is 2.16. The van der Waals surface area contributed by atoms with Crippen molar-refractivity contribution in [3.05, 3.63) is 101 Å². The van der Waals surface area contributed by atoms with Gasteiger partial charge in [-0.1, -0.05) is 60.7 Å². The molecule has 3 rings (SSSR count). The minimum absolute atomic E-state index is 0.105. The summed E-state index contributed by atoms with van der Waals surface area (Å²) in [4.78, 5) is 28.7. The molecular weight excluding hydrogens is 274 g/mol. The first-order chi connectivity index (χ1) is 10.8. The van der Waals surface area contributed by atoms with E-state index in [4.69, 9.17) is 0 Å². The van der Waals surface area contributed by atoms with Gasteiger partial charge in [0.05, 0.1) is 0 Å². The predicted molar refractivity (Wildman–Crippen MR) is 84.0 cm³/mol. The molecule has 3 nitrogen and oxygen atoms in total. The number of nitrogens with zero attached hydrogens (tertiary/aromatic N) is 1. The largest absolute Gasteiger partial charge is 0.289 e. The molecule has 0 aliphatic rings. The van der Waals surface area contributed by atoms with Crippen LogP contribution in [0.15, 0.2) is 79.0 Å². The Labute approximate surface area is 128 Å². The zero-order valence-electron chi connectivity index (χ0n) is 11.8. The third-order valence-corrected chi connectivity index (χ3v) is 3.33. The normalized spacial score (nSPS) is 10.2. The van der Waals surface area contributed by atoms with Gasteiger partial charge in [0.15, 0.2) is 5.78 Å². The van der Waals surface area contributed by atoms with Crippen LogP contribution >= 0.6 is 0 Å². The lowest BCUT2D eigenvalue weighted by Gasteiger charge is -2.03. The van der Waals surface area contributed by atoms with E-state index in [1.807, 2.05) is 24.3 Å². The van der Waals surface area contributed by atoms with Crippen LogP contribution in [0.1, 0.15) is 32.0 Å². The lowest BCUT2D eigenvalue weighted by molar-refractivity contribution is 0.102. The number of aromatic nitrogens is 1. The topological polar surface area (TPSA) is 47.0 Å². The molecule has 1 heterocycles. The SMILES string of the molecule is O=C(c1ccccc1)c1ccc(C(=O)c2ccccc2)nc1. The van der Waals surface area contributed by atoms with Crippen molar-refractivity contribution in [2.75, 3.05) is 0 Å². The Bertz CT molecular complexity index is 723. The van der Waals surface area contributed by atoms with Gasteiger partial charge in [-0.15, -0.1) is 0 Å². The van der Waals surface area contributed by atoms with Gasteiger partial charge in [-0.3, -0.25) is 14.6 Å². The van der Waals surface area contributed by atoms with Crippen LogP contribution in [0.25, 0.3) is 0 Å². The average molecular weight is 287 g/mol. The molecule has 0 N–H and O–H groups in total. The van der Waals surface area contributed by atoms with Gasteiger partial charge in [-0.05, 0) is 12.1 Å². The molecule has 3 heteroatoms. The van der Waals surface area contributed by atoms with Gasteiger partial charge in [0, 0.05) is 22.9 Å². The van der Waals surface area contributed by atoms with Crippen LogP contribution in [-0.2, 0) is 0 Å². The summed E-state index contributed by atoms with van der Waals surface area (Å²) in [5, 5.41) is 0. The van der Waals surface area contributed by atoms with E-state index in [9.17, 15) is 9.59 Å². The van der Waals surface area contributed by atoms with Crippen molar-refractivity contribution >= 4 is 11.6 Å². The van der Waals surface area contributed by atoms with Crippen LogP contribution in [0.3, 0.4) is 0 Å². The van der Waals surface area contributed by atoms with Crippen LogP contribution in [0, 0.1) is 0 Å². The van der Waals surface area contributed by atoms with Gasteiger partial charge in [0.25, 0.3) is 0 Å². The Morgan fingerprint density at radius 2 is 1.14 bits per heavy atom. The maximum atomic E-state index is 12.3. The molecule has 0 saturated carbocycles. The Hall–Kier alpha value is -3.07. The fourth-order valence-corrected chi connectivity index (χ4v) is 2.16. The monoisotopic (exact) mass is 287 g/mol. The highest BCUT2D eigenvalue weighted by atomic mass is 16.1. The molecule has 0 aliphatic carbocycles. The molecular formula is C19H13NO2. The van der Waals surface area contributed by atoms with Crippen molar-refractivity contribution in [2.24, 2.45) is 0 Å². The summed E-state index contributed by atoms with van der Waals surface area (Å²) in [5.74, 6) is -0.258. The summed E-state index contributed by atoms with van der Waals surface area (Å²) in [5.41, 5.74) is 1.98. The molecule has 0 spiro atoms. The van der Waals surface area contributed by atoms with Crippen molar-refractivity contribution < 1.29 is 9.59 Å². The molecule has 3 aromatic rings. The minimum atomic E-state index is -0.153. The summed E-state index contributed by atoms with van der Waals surface area (Å²) in [6.07, 6.45) is 1.45. The van der Waals surface area contributed by atoms with E-state index in [1.165, 1.54) is 6.20 Å². The second-order valence-electron chi connectivity index (χ2n) is 4.82. The zero-order chi connectivity index (χ0) is 15.4. The molecule has 0 saturated heterocycles. The van der Waals surface area contributed by atoms with Crippen molar-refractivity contribution in [2.45, 2.75) is 0 Å². The van der Waals surface area contributed by atoms with Crippen molar-refractivity contribution in [3.63, 3.8) is 0 Å². The van der Waals surface area contributed by atoms with Crippen LogP contribution in [0.5, 0.6) is 0 Å². The maximum Gasteiger partial charge on any atom is 0.211 e. The molecule has 0 amide bonds. The first-order valence-corrected chi connectivity index (χ1v) is 6.91. The zero-order valence-corrected chi connectivity index (χ0v) is 11.8. The van der Waals surface area contributed by atoms with Gasteiger partial charge in [-0.25, -0.2) is 0 Å². The number of benzene rings is 2. The Morgan fingerprint density at radius 3 is 1.64 bits per heavy atom. The molecule has 0 fully saturated rings. The van der Waals surface area contributed by atoms with Crippen LogP contribution in [0.2, 0.25) is 0 Å². The van der Waals surface area contributed by atoms with Gasteiger partial charge in [0.2, 0.25) is 5.78 Å². The first kappa shape index (κ1) is 13.9. The Morgan fingerprint density at radius 1 is 0.591 bits per heavy atom. The van der Waals surface area contributed by atoms with Crippen LogP contribution in [0.4, 0.5) is 0 Å². The van der Waals surface area contributed by atoms with E-state index < -0.39 is 0 Å². The fraction of sp³-hybridized carbons (Fsp3) is 0. The molecule has 0 atom stereocenters. The molecule has 0 bridgehead atoms. The maximum absolute atomic E-state index is 12.3. The van der Waals surface area contributed by atoms with Crippen molar-refractivity contribution in [1.29, 1.82) is 0 Å². The second-order valence-corrected chi connectivity index (χ2v) is 4.82. The van der Waals surface area contributed by atoms with Crippen molar-refractivity contribution in [1.82, 2.24) is 4.98 Å². The molecule has 1 aromatic heterocycles. The van der Waals surface area contributed by atoms with E-state index in [1.54, 1.807) is 48.5 Å². The van der Waals surface area contributed by atoms with Gasteiger partial charge in [-0.2, -0.15) is 0 Å². The van der Waals surface area contributed by atoms with E-state index in [-0.39, 0.29) is 11.6 Å². The predicted octanol–water partition coefficient (Wildman–Crippen LogP) is 3.54. The first-order valence-electron chi connectivity index (χ1n) is 6.91. The highest BCUT2D eigenvalue weighted by Gasteiger charge is 2.13. The van der Waals surface area contributed by atoms with Gasteiger partial charge >= 0.3 is 0 Å². The second kappa shape index (κ2) is 6.14. The highest BCUT2D eigenvalue weighted by molar-refractivity contribution is 6.10. The van der Waals surface area contributed by atoms with E-state index in [0.717, 1.165) is 0 Å². The van der Waals surface area contributed by atoms with Gasteiger partial charge in [0.1, 0.15) is 5.69 Å². The Kier molecular flexibility index (Phi) is 3.88. The smallest absolute Gasteiger partial charge is 0.211 e. The summed E-state index contributed by atoms with van der Waals surface area (Å²) in [7, 11) is 0. The third kappa shape index (κ3) is 2.83. The lowest BCUT2D eigenvalue weighted by Crippen LogP contribution is -2.06. The number of ketones is 2. The average Bonchev–Trinajstić information content (AvgIpc) is 2.62. The summed E-state index contributed by atoms with van der Waals surface area (Å²) < 4.78 is 0. The number of pyridine rings is 1. The van der Waals surface area contributed by atoms with Crippen LogP contribution < -0.4 is 0 Å². The van der Waals surface area contributed by atoms with E-state index in [0.29, 0.717) is 22.4 Å². The minimum Gasteiger partial charge on any atom is -0.289 e. The quantitative estimate of drug-likeness (QED) is 0.689. The molecule has 22 heavy (non-hydrogen) atoms. The lowest BCUT2D eigenvalue weighted by atomic mass is 10.0. The molecule has 0 aliphatic heterocycles. The number of carbonyl (C=O) groups is 2. The van der Waals surface area contributed by atoms with Crippen LogP contribution in [-0.4, -0.2) is 16.6 Å². The molecule has 106 valence electrons. The van der Waals surface area contributed by atoms with E-state index >= 15 is 0 Å². The highest BCUT2D eigenvalue weighted by Crippen LogP contribution is 2.11. The third-order valence-electron chi connectivity index (χ3n) is 3.33. The molecule has 2 aromatic carbocycles. The molecule has 0 radical (unpaired) electrons. The van der Waals surface area contributed by atoms with Gasteiger partial charge < -0.3 is 0 Å².